The Morgan fingerprint density at radius 2 is 2.29 bits per heavy atom. The van der Waals surface area contributed by atoms with Gasteiger partial charge in [0.15, 0.2) is 0 Å². The zero-order valence-corrected chi connectivity index (χ0v) is 9.31. The Bertz CT molecular complexity index is 182. The molecule has 1 amide bonds. The third-order valence-corrected chi connectivity index (χ3v) is 2.99. The maximum Gasteiger partial charge on any atom is 0.219 e. The van der Waals surface area contributed by atoms with E-state index in [0.717, 1.165) is 44.3 Å². The number of carbonyl (C=O) groups excluding carboxylic acids is 1. The molecule has 82 valence electrons. The van der Waals surface area contributed by atoms with E-state index in [0.29, 0.717) is 6.42 Å². The van der Waals surface area contributed by atoms with E-state index >= 15 is 0 Å². The first-order chi connectivity index (χ1) is 6.74. The second-order valence-corrected chi connectivity index (χ2v) is 4.28. The van der Waals surface area contributed by atoms with Crippen LogP contribution in [0, 0.1) is 11.8 Å². The first-order valence-corrected chi connectivity index (χ1v) is 5.71. The molecule has 14 heavy (non-hydrogen) atoms. The Kier molecular flexibility index (Phi) is 4.94. The van der Waals surface area contributed by atoms with E-state index in [4.69, 9.17) is 0 Å². The van der Waals surface area contributed by atoms with Gasteiger partial charge in [0.1, 0.15) is 0 Å². The molecule has 1 heterocycles. The van der Waals surface area contributed by atoms with Crippen LogP contribution >= 0.6 is 0 Å². The average Bonchev–Trinajstić information content (AvgIpc) is 2.52. The van der Waals surface area contributed by atoms with Gasteiger partial charge in [0, 0.05) is 13.0 Å². The lowest BCUT2D eigenvalue weighted by atomic mass is 9.95. The summed E-state index contributed by atoms with van der Waals surface area (Å²) in [5.74, 6) is 1.71. The third kappa shape index (κ3) is 3.66. The second kappa shape index (κ2) is 6.02. The van der Waals surface area contributed by atoms with Crippen LogP contribution in [0.2, 0.25) is 0 Å². The molecular formula is C11H22N2O. The molecule has 0 aliphatic carbocycles. The number of amides is 1. The lowest BCUT2D eigenvalue weighted by molar-refractivity contribution is -0.121. The number of nitrogens with one attached hydrogen (secondary N) is 2. The molecule has 0 bridgehead atoms. The van der Waals surface area contributed by atoms with Crippen LogP contribution in [0.25, 0.3) is 0 Å². The molecule has 0 aromatic rings. The summed E-state index contributed by atoms with van der Waals surface area (Å²) in [7, 11) is 0. The fourth-order valence-electron chi connectivity index (χ4n) is 1.96. The number of carbonyl (C=O) groups is 1. The molecule has 0 aromatic heterocycles. The molecule has 0 unspecified atom stereocenters. The highest BCUT2D eigenvalue weighted by Crippen LogP contribution is 2.18. The van der Waals surface area contributed by atoms with Gasteiger partial charge in [0.05, 0.1) is 0 Å². The van der Waals surface area contributed by atoms with Crippen molar-refractivity contribution in [2.45, 2.75) is 33.1 Å². The number of hydrogen-bond donors (Lipinski definition) is 2. The van der Waals surface area contributed by atoms with E-state index in [1.807, 2.05) is 6.92 Å². The van der Waals surface area contributed by atoms with Crippen molar-refractivity contribution in [3.05, 3.63) is 0 Å². The Morgan fingerprint density at radius 1 is 1.50 bits per heavy atom. The smallest absolute Gasteiger partial charge is 0.219 e. The molecular weight excluding hydrogens is 176 g/mol. The summed E-state index contributed by atoms with van der Waals surface area (Å²) in [6.07, 6.45) is 2.72. The summed E-state index contributed by atoms with van der Waals surface area (Å²) in [4.78, 5) is 11.2. The van der Waals surface area contributed by atoms with E-state index in [9.17, 15) is 4.79 Å². The van der Waals surface area contributed by atoms with Crippen LogP contribution in [0.1, 0.15) is 33.1 Å². The quantitative estimate of drug-likeness (QED) is 0.696. The van der Waals surface area contributed by atoms with Crippen molar-refractivity contribution in [2.24, 2.45) is 11.8 Å². The largest absolute Gasteiger partial charge is 0.356 e. The second-order valence-electron chi connectivity index (χ2n) is 4.28. The van der Waals surface area contributed by atoms with Crippen molar-refractivity contribution in [2.75, 3.05) is 19.6 Å². The van der Waals surface area contributed by atoms with Gasteiger partial charge in [-0.2, -0.15) is 0 Å². The molecule has 3 heteroatoms. The van der Waals surface area contributed by atoms with Crippen LogP contribution in [-0.2, 0) is 4.79 Å². The Morgan fingerprint density at radius 3 is 2.86 bits per heavy atom. The van der Waals surface area contributed by atoms with Gasteiger partial charge in [0.25, 0.3) is 0 Å². The zero-order chi connectivity index (χ0) is 10.4. The minimum absolute atomic E-state index is 0.200. The monoisotopic (exact) mass is 198 g/mol. The SMILES string of the molecule is CCCC(=O)NCC[C@@H]1CNC[C@H]1C. The molecule has 0 radical (unpaired) electrons. The Labute approximate surface area is 86.6 Å². The Hall–Kier alpha value is -0.570. The average molecular weight is 198 g/mol. The maximum absolute atomic E-state index is 11.2. The van der Waals surface area contributed by atoms with Crippen LogP contribution in [0.4, 0.5) is 0 Å². The van der Waals surface area contributed by atoms with Gasteiger partial charge in [-0.3, -0.25) is 4.79 Å². The highest BCUT2D eigenvalue weighted by atomic mass is 16.1. The van der Waals surface area contributed by atoms with Crippen molar-refractivity contribution in [1.82, 2.24) is 10.6 Å². The molecule has 0 saturated carbocycles. The van der Waals surface area contributed by atoms with Gasteiger partial charge >= 0.3 is 0 Å². The molecule has 1 fully saturated rings. The van der Waals surface area contributed by atoms with Crippen molar-refractivity contribution >= 4 is 5.91 Å². The lowest BCUT2D eigenvalue weighted by Gasteiger charge is -2.13. The number of rotatable bonds is 5. The minimum atomic E-state index is 0.200. The molecule has 0 aromatic carbocycles. The van der Waals surface area contributed by atoms with Gasteiger partial charge in [-0.15, -0.1) is 0 Å². The highest BCUT2D eigenvalue weighted by molar-refractivity contribution is 5.75. The first kappa shape index (κ1) is 11.5. The molecule has 2 N–H and O–H groups in total. The summed E-state index contributed by atoms with van der Waals surface area (Å²) in [6, 6.07) is 0. The lowest BCUT2D eigenvalue weighted by Crippen LogP contribution is -2.26. The molecule has 1 saturated heterocycles. The van der Waals surface area contributed by atoms with E-state index in [2.05, 4.69) is 17.6 Å². The van der Waals surface area contributed by atoms with Crippen LogP contribution in [-0.4, -0.2) is 25.5 Å². The highest BCUT2D eigenvalue weighted by Gasteiger charge is 2.22. The molecule has 3 nitrogen and oxygen atoms in total. The molecule has 1 aliphatic heterocycles. The van der Waals surface area contributed by atoms with Gasteiger partial charge in [0.2, 0.25) is 5.91 Å². The fourth-order valence-corrected chi connectivity index (χ4v) is 1.96. The summed E-state index contributed by atoms with van der Waals surface area (Å²) in [5, 5.41) is 6.34. The summed E-state index contributed by atoms with van der Waals surface area (Å²) >= 11 is 0. The predicted molar refractivity (Wildman–Crippen MR) is 58.1 cm³/mol. The summed E-state index contributed by atoms with van der Waals surface area (Å²) < 4.78 is 0. The van der Waals surface area contributed by atoms with Crippen LogP contribution in [0.5, 0.6) is 0 Å². The molecule has 0 spiro atoms. The molecule has 1 rings (SSSR count). The van der Waals surface area contributed by atoms with Gasteiger partial charge < -0.3 is 10.6 Å². The maximum atomic E-state index is 11.2. The van der Waals surface area contributed by atoms with Crippen LogP contribution in [0.15, 0.2) is 0 Å². The topological polar surface area (TPSA) is 41.1 Å². The minimum Gasteiger partial charge on any atom is -0.356 e. The van der Waals surface area contributed by atoms with Crippen molar-refractivity contribution < 1.29 is 4.79 Å². The standard InChI is InChI=1S/C11H22N2O/c1-3-4-11(14)13-6-5-10-8-12-7-9(10)2/h9-10,12H,3-8H2,1-2H3,(H,13,14)/t9-,10-/m1/s1. The van der Waals surface area contributed by atoms with Crippen molar-refractivity contribution in [1.29, 1.82) is 0 Å². The van der Waals surface area contributed by atoms with Crippen LogP contribution in [0.3, 0.4) is 0 Å². The zero-order valence-electron chi connectivity index (χ0n) is 9.31. The normalized spacial score (nSPS) is 26.4. The van der Waals surface area contributed by atoms with Crippen molar-refractivity contribution in [3.63, 3.8) is 0 Å². The predicted octanol–water partition coefficient (Wildman–Crippen LogP) is 1.15. The van der Waals surface area contributed by atoms with Crippen LogP contribution < -0.4 is 10.6 Å². The van der Waals surface area contributed by atoms with E-state index in [-0.39, 0.29) is 5.91 Å². The van der Waals surface area contributed by atoms with E-state index < -0.39 is 0 Å². The van der Waals surface area contributed by atoms with Gasteiger partial charge in [-0.25, -0.2) is 0 Å². The first-order valence-electron chi connectivity index (χ1n) is 5.71. The van der Waals surface area contributed by atoms with Gasteiger partial charge in [-0.05, 0) is 37.8 Å². The summed E-state index contributed by atoms with van der Waals surface area (Å²) in [5.41, 5.74) is 0. The van der Waals surface area contributed by atoms with E-state index in [1.54, 1.807) is 0 Å². The number of hydrogen-bond acceptors (Lipinski definition) is 2. The van der Waals surface area contributed by atoms with Crippen molar-refractivity contribution in [3.8, 4) is 0 Å². The summed E-state index contributed by atoms with van der Waals surface area (Å²) in [6.45, 7) is 7.40. The van der Waals surface area contributed by atoms with Gasteiger partial charge in [-0.1, -0.05) is 13.8 Å². The molecule has 1 aliphatic rings. The fraction of sp³-hybridized carbons (Fsp3) is 0.909. The Balaban J connectivity index is 2.06. The third-order valence-electron chi connectivity index (χ3n) is 2.99. The molecule has 2 atom stereocenters. The van der Waals surface area contributed by atoms with E-state index in [1.165, 1.54) is 0 Å².